The molecule has 0 saturated heterocycles. The van der Waals surface area contributed by atoms with E-state index in [1.54, 1.807) is 6.07 Å². The summed E-state index contributed by atoms with van der Waals surface area (Å²) in [4.78, 5) is 5.16. The molecule has 0 atom stereocenters. The fraction of sp³-hybridized carbons (Fsp3) is 0.643. The highest BCUT2D eigenvalue weighted by atomic mass is 127. The number of rotatable bonds is 9. The Morgan fingerprint density at radius 1 is 1.30 bits per heavy atom. The Bertz CT molecular complexity index is 583. The second kappa shape index (κ2) is 11.2. The number of thiophene rings is 1. The highest BCUT2D eigenvalue weighted by Gasteiger charge is 2.23. The third-order valence-corrected chi connectivity index (χ3v) is 6.78. The molecule has 1 aromatic rings. The van der Waals surface area contributed by atoms with Crippen LogP contribution in [0.25, 0.3) is 0 Å². The minimum absolute atomic E-state index is 0. The first-order chi connectivity index (χ1) is 10.5. The van der Waals surface area contributed by atoms with E-state index in [4.69, 9.17) is 5.73 Å². The molecule has 0 aliphatic heterocycles. The van der Waals surface area contributed by atoms with Gasteiger partial charge in [0.1, 0.15) is 4.21 Å². The van der Waals surface area contributed by atoms with Crippen LogP contribution in [-0.2, 0) is 16.4 Å². The van der Waals surface area contributed by atoms with Crippen LogP contribution < -0.4 is 11.1 Å². The van der Waals surface area contributed by atoms with Gasteiger partial charge in [-0.2, -0.15) is 4.31 Å². The molecule has 9 heteroatoms. The number of sulfonamides is 1. The monoisotopic (exact) mass is 474 g/mol. The van der Waals surface area contributed by atoms with Crippen molar-refractivity contribution in [2.45, 2.75) is 37.8 Å². The van der Waals surface area contributed by atoms with Gasteiger partial charge in [0.2, 0.25) is 0 Å². The van der Waals surface area contributed by atoms with Crippen LogP contribution in [-0.4, -0.2) is 44.9 Å². The zero-order valence-electron chi connectivity index (χ0n) is 13.9. The second-order valence-electron chi connectivity index (χ2n) is 4.75. The van der Waals surface area contributed by atoms with Gasteiger partial charge in [-0.25, -0.2) is 8.42 Å². The van der Waals surface area contributed by atoms with Crippen LogP contribution in [0.1, 0.15) is 32.1 Å². The van der Waals surface area contributed by atoms with Crippen molar-refractivity contribution in [2.75, 3.05) is 26.2 Å². The normalized spacial score (nSPS) is 12.3. The number of nitrogens with zero attached hydrogens (tertiary/aromatic N) is 2. The standard InChI is InChI=1S/C14H26N4O2S2.HI/c1-4-10-16-14(15)17-11-9-12-7-8-13(21-12)22(19,20)18(5-2)6-3;/h7-8H,4-6,9-11H2,1-3H3,(H3,15,16,17);1H. The van der Waals surface area contributed by atoms with Gasteiger partial charge in [0.25, 0.3) is 10.0 Å². The van der Waals surface area contributed by atoms with Crippen molar-refractivity contribution in [1.29, 1.82) is 0 Å². The molecule has 134 valence electrons. The number of aliphatic imine (C=N–C) groups is 1. The number of nitrogens with two attached hydrogens (primary N) is 1. The number of hydrogen-bond acceptors (Lipinski definition) is 4. The van der Waals surface area contributed by atoms with Crippen molar-refractivity contribution in [3.63, 3.8) is 0 Å². The number of hydrogen-bond donors (Lipinski definition) is 2. The first-order valence-corrected chi connectivity index (χ1v) is 9.83. The lowest BCUT2D eigenvalue weighted by Crippen LogP contribution is -2.33. The summed E-state index contributed by atoms with van der Waals surface area (Å²) < 4.78 is 26.6. The SMILES string of the molecule is CCCN=C(N)NCCc1ccc(S(=O)(=O)N(CC)CC)s1.I. The molecular weight excluding hydrogens is 447 g/mol. The van der Waals surface area contributed by atoms with E-state index in [1.807, 2.05) is 26.8 Å². The van der Waals surface area contributed by atoms with E-state index in [2.05, 4.69) is 10.3 Å². The maximum atomic E-state index is 12.4. The maximum Gasteiger partial charge on any atom is 0.252 e. The van der Waals surface area contributed by atoms with Gasteiger partial charge >= 0.3 is 0 Å². The van der Waals surface area contributed by atoms with Gasteiger partial charge in [-0.05, 0) is 25.0 Å². The van der Waals surface area contributed by atoms with Crippen LogP contribution in [0.15, 0.2) is 21.3 Å². The van der Waals surface area contributed by atoms with Crippen LogP contribution in [0.5, 0.6) is 0 Å². The number of nitrogens with one attached hydrogen (secondary N) is 1. The highest BCUT2D eigenvalue weighted by molar-refractivity contribution is 14.0. The first-order valence-electron chi connectivity index (χ1n) is 7.58. The molecule has 0 aliphatic carbocycles. The Morgan fingerprint density at radius 3 is 2.52 bits per heavy atom. The average molecular weight is 474 g/mol. The van der Waals surface area contributed by atoms with Crippen LogP contribution >= 0.6 is 35.3 Å². The summed E-state index contributed by atoms with van der Waals surface area (Å²) in [5.41, 5.74) is 5.71. The van der Waals surface area contributed by atoms with Gasteiger partial charge in [0.15, 0.2) is 5.96 Å². The van der Waals surface area contributed by atoms with Gasteiger partial charge < -0.3 is 11.1 Å². The summed E-state index contributed by atoms with van der Waals surface area (Å²) in [5.74, 6) is 0.439. The van der Waals surface area contributed by atoms with E-state index < -0.39 is 10.0 Å². The van der Waals surface area contributed by atoms with Crippen molar-refractivity contribution in [3.8, 4) is 0 Å². The summed E-state index contributed by atoms with van der Waals surface area (Å²) in [7, 11) is -3.35. The minimum atomic E-state index is -3.35. The van der Waals surface area contributed by atoms with Crippen LogP contribution in [0.2, 0.25) is 0 Å². The third kappa shape index (κ3) is 6.94. The average Bonchev–Trinajstić information content (AvgIpc) is 2.95. The lowest BCUT2D eigenvalue weighted by molar-refractivity contribution is 0.447. The number of halogens is 1. The zero-order chi connectivity index (χ0) is 16.6. The lowest BCUT2D eigenvalue weighted by atomic mass is 10.3. The topological polar surface area (TPSA) is 87.8 Å². The Balaban J connectivity index is 0.00000484. The molecule has 1 aromatic heterocycles. The molecule has 0 saturated carbocycles. The molecule has 0 spiro atoms. The minimum Gasteiger partial charge on any atom is -0.370 e. The highest BCUT2D eigenvalue weighted by Crippen LogP contribution is 2.25. The van der Waals surface area contributed by atoms with E-state index in [9.17, 15) is 8.42 Å². The van der Waals surface area contributed by atoms with Crippen molar-refractivity contribution < 1.29 is 8.42 Å². The van der Waals surface area contributed by atoms with Gasteiger partial charge in [-0.15, -0.1) is 35.3 Å². The van der Waals surface area contributed by atoms with Gasteiger partial charge in [-0.1, -0.05) is 20.8 Å². The van der Waals surface area contributed by atoms with E-state index in [-0.39, 0.29) is 24.0 Å². The predicted molar refractivity (Wildman–Crippen MR) is 108 cm³/mol. The quantitative estimate of drug-likeness (QED) is 0.327. The molecule has 3 N–H and O–H groups in total. The molecule has 0 aromatic carbocycles. The van der Waals surface area contributed by atoms with Crippen molar-refractivity contribution in [1.82, 2.24) is 9.62 Å². The van der Waals surface area contributed by atoms with E-state index in [0.29, 0.717) is 36.3 Å². The second-order valence-corrected chi connectivity index (χ2v) is 8.09. The van der Waals surface area contributed by atoms with E-state index in [0.717, 1.165) is 17.7 Å². The zero-order valence-corrected chi connectivity index (χ0v) is 17.9. The summed E-state index contributed by atoms with van der Waals surface area (Å²) in [6.45, 7) is 8.06. The number of guanidine groups is 1. The third-order valence-electron chi connectivity index (χ3n) is 3.12. The summed E-state index contributed by atoms with van der Waals surface area (Å²) in [5, 5.41) is 3.03. The molecule has 0 aliphatic rings. The Labute approximate surface area is 160 Å². The smallest absolute Gasteiger partial charge is 0.252 e. The molecule has 0 radical (unpaired) electrons. The molecule has 23 heavy (non-hydrogen) atoms. The molecule has 1 rings (SSSR count). The van der Waals surface area contributed by atoms with Crippen molar-refractivity contribution in [3.05, 3.63) is 17.0 Å². The first kappa shape index (κ1) is 22.6. The fourth-order valence-corrected chi connectivity index (χ4v) is 4.89. The molecule has 6 nitrogen and oxygen atoms in total. The summed E-state index contributed by atoms with van der Waals surface area (Å²) >= 11 is 1.32. The van der Waals surface area contributed by atoms with Crippen LogP contribution in [0.3, 0.4) is 0 Å². The fourth-order valence-electron chi connectivity index (χ4n) is 1.92. The van der Waals surface area contributed by atoms with Crippen molar-refractivity contribution >= 4 is 51.3 Å². The van der Waals surface area contributed by atoms with Crippen LogP contribution in [0.4, 0.5) is 0 Å². The lowest BCUT2D eigenvalue weighted by Gasteiger charge is -2.16. The van der Waals surface area contributed by atoms with Crippen molar-refractivity contribution in [2.24, 2.45) is 10.7 Å². The molecular formula is C14H27IN4O2S2. The summed E-state index contributed by atoms with van der Waals surface area (Å²) in [6, 6.07) is 3.55. The Morgan fingerprint density at radius 2 is 1.96 bits per heavy atom. The predicted octanol–water partition coefficient (Wildman–Crippen LogP) is 2.25. The van der Waals surface area contributed by atoms with Gasteiger partial charge in [0.05, 0.1) is 0 Å². The van der Waals surface area contributed by atoms with Gasteiger partial charge in [0, 0.05) is 31.1 Å². The summed E-state index contributed by atoms with van der Waals surface area (Å²) in [6.07, 6.45) is 1.68. The Hall–Kier alpha value is -0.390. The molecule has 0 fully saturated rings. The van der Waals surface area contributed by atoms with Gasteiger partial charge in [-0.3, -0.25) is 4.99 Å². The van der Waals surface area contributed by atoms with E-state index >= 15 is 0 Å². The Kier molecular flexibility index (Phi) is 11.0. The largest absolute Gasteiger partial charge is 0.370 e. The maximum absolute atomic E-state index is 12.4. The molecule has 0 unspecified atom stereocenters. The molecule has 1 heterocycles. The molecule has 0 bridgehead atoms. The molecule has 0 amide bonds. The van der Waals surface area contributed by atoms with Crippen LogP contribution in [0, 0.1) is 0 Å². The van der Waals surface area contributed by atoms with E-state index in [1.165, 1.54) is 15.6 Å².